The van der Waals surface area contributed by atoms with E-state index in [0.29, 0.717) is 5.71 Å². The number of hydrogen-bond donors (Lipinski definition) is 2. The van der Waals surface area contributed by atoms with Crippen LogP contribution < -0.4 is 0 Å². The molecule has 2 N–H and O–H groups in total. The third kappa shape index (κ3) is 2.67. The van der Waals surface area contributed by atoms with Crippen LogP contribution in [-0.2, 0) is 0 Å². The van der Waals surface area contributed by atoms with Gasteiger partial charge in [0.2, 0.25) is 0 Å². The zero-order valence-corrected chi connectivity index (χ0v) is 11.5. The first-order valence-corrected chi connectivity index (χ1v) is 6.33. The maximum atomic E-state index is 7.81. The highest BCUT2D eigenvalue weighted by Gasteiger charge is 2.11. The summed E-state index contributed by atoms with van der Waals surface area (Å²) in [4.78, 5) is 0. The van der Waals surface area contributed by atoms with Crippen LogP contribution in [0.15, 0.2) is 55.1 Å². The zero-order valence-electron chi connectivity index (χ0n) is 11.5. The minimum absolute atomic E-state index is 0.403. The molecule has 20 heavy (non-hydrogen) atoms. The van der Waals surface area contributed by atoms with Crippen LogP contribution in [-0.4, -0.2) is 15.9 Å². The number of aromatic nitrogens is 2. The fourth-order valence-electron chi connectivity index (χ4n) is 1.94. The highest BCUT2D eigenvalue weighted by atomic mass is 15.1. The Bertz CT molecular complexity index is 676. The normalized spacial score (nSPS) is 11.2. The number of rotatable bonds is 5. The molecule has 3 nitrogen and oxygen atoms in total. The molecule has 0 unspecified atom stereocenters. The molecule has 0 aliphatic carbocycles. The first kappa shape index (κ1) is 13.7. The van der Waals surface area contributed by atoms with Crippen LogP contribution >= 0.6 is 0 Å². The highest BCUT2D eigenvalue weighted by Crippen LogP contribution is 2.26. The van der Waals surface area contributed by atoms with Crippen molar-refractivity contribution in [3.63, 3.8) is 0 Å². The van der Waals surface area contributed by atoms with Gasteiger partial charge in [0, 0.05) is 11.1 Å². The van der Waals surface area contributed by atoms with Crippen molar-refractivity contribution in [2.75, 3.05) is 0 Å². The second-order valence-corrected chi connectivity index (χ2v) is 4.41. The van der Waals surface area contributed by atoms with Crippen LogP contribution in [0, 0.1) is 5.41 Å². The molecule has 2 rings (SSSR count). The summed E-state index contributed by atoms with van der Waals surface area (Å²) in [6.07, 6.45) is 5.20. The van der Waals surface area contributed by atoms with Gasteiger partial charge in [0.15, 0.2) is 0 Å². The largest absolute Gasteiger partial charge is 0.301 e. The molecule has 1 heterocycles. The lowest BCUT2D eigenvalue weighted by atomic mass is 10.0. The third-order valence-corrected chi connectivity index (χ3v) is 3.07. The van der Waals surface area contributed by atoms with Gasteiger partial charge >= 0.3 is 0 Å². The van der Waals surface area contributed by atoms with Crippen molar-refractivity contribution in [1.29, 1.82) is 5.41 Å². The lowest BCUT2D eigenvalue weighted by Crippen LogP contribution is -1.92. The van der Waals surface area contributed by atoms with Gasteiger partial charge in [-0.3, -0.25) is 5.10 Å². The van der Waals surface area contributed by atoms with Crippen molar-refractivity contribution >= 4 is 17.9 Å². The van der Waals surface area contributed by atoms with E-state index in [1.807, 2.05) is 43.3 Å². The molecular weight excluding hydrogens is 246 g/mol. The van der Waals surface area contributed by atoms with Gasteiger partial charge in [-0.25, -0.2) is 0 Å². The van der Waals surface area contributed by atoms with E-state index in [1.165, 1.54) is 6.08 Å². The predicted molar refractivity (Wildman–Crippen MR) is 85.7 cm³/mol. The monoisotopic (exact) mass is 263 g/mol. The Morgan fingerprint density at radius 2 is 1.95 bits per heavy atom. The number of hydrogen-bond acceptors (Lipinski definition) is 2. The van der Waals surface area contributed by atoms with E-state index in [-0.39, 0.29) is 0 Å². The summed E-state index contributed by atoms with van der Waals surface area (Å²) < 4.78 is 0. The molecule has 0 amide bonds. The number of nitrogens with one attached hydrogen (secondary N) is 2. The van der Waals surface area contributed by atoms with Crippen LogP contribution in [0.1, 0.15) is 18.2 Å². The second-order valence-electron chi connectivity index (χ2n) is 4.41. The van der Waals surface area contributed by atoms with Gasteiger partial charge in [0.1, 0.15) is 0 Å². The molecule has 0 aliphatic rings. The summed E-state index contributed by atoms with van der Waals surface area (Å²) in [5.74, 6) is 0. The van der Waals surface area contributed by atoms with Crippen LogP contribution in [0.4, 0.5) is 0 Å². The summed E-state index contributed by atoms with van der Waals surface area (Å²) >= 11 is 0. The Balaban J connectivity index is 2.57. The van der Waals surface area contributed by atoms with Crippen molar-refractivity contribution in [3.05, 3.63) is 66.4 Å². The summed E-state index contributed by atoms with van der Waals surface area (Å²) in [5.41, 5.74) is 4.91. The molecule has 2 aromatic rings. The molecule has 0 spiro atoms. The maximum Gasteiger partial charge on any atom is 0.0999 e. The predicted octanol–water partition coefficient (Wildman–Crippen LogP) is 4.33. The molecule has 0 atom stereocenters. The van der Waals surface area contributed by atoms with Crippen molar-refractivity contribution < 1.29 is 0 Å². The highest BCUT2D eigenvalue weighted by molar-refractivity contribution is 6.08. The summed E-state index contributed by atoms with van der Waals surface area (Å²) in [7, 11) is 0. The van der Waals surface area contributed by atoms with Crippen molar-refractivity contribution in [1.82, 2.24) is 10.2 Å². The van der Waals surface area contributed by atoms with E-state index in [4.69, 9.17) is 5.41 Å². The molecule has 100 valence electrons. The molecule has 0 saturated carbocycles. The molecule has 3 heteroatoms. The van der Waals surface area contributed by atoms with Gasteiger partial charge in [-0.1, -0.05) is 43.5 Å². The first-order chi connectivity index (χ1) is 9.67. The number of aromatic amines is 1. The molecule has 0 bridgehead atoms. The standard InChI is InChI=1S/C17H17N3/c1-4-15(18)12(3)11-14-16(5-2)19-20-17(14)13-9-7-6-8-10-13/h4-11,18H,1-2H2,3H3,(H,19,20)/b12-11+,18-15?. The molecule has 1 aromatic carbocycles. The SMILES string of the molecule is C=CC(=N)/C(C)=C/c1c(-c2ccccc2)n[nH]c1C=C. The minimum Gasteiger partial charge on any atom is -0.301 e. The number of benzene rings is 1. The lowest BCUT2D eigenvalue weighted by Gasteiger charge is -2.02. The Morgan fingerprint density at radius 3 is 2.55 bits per heavy atom. The summed E-state index contributed by atoms with van der Waals surface area (Å²) in [6.45, 7) is 9.31. The van der Waals surface area contributed by atoms with Crippen molar-refractivity contribution in [2.45, 2.75) is 6.92 Å². The topological polar surface area (TPSA) is 52.5 Å². The van der Waals surface area contributed by atoms with Gasteiger partial charge in [-0.05, 0) is 30.7 Å². The summed E-state index contributed by atoms with van der Waals surface area (Å²) in [6, 6.07) is 9.94. The Kier molecular flexibility index (Phi) is 4.11. The van der Waals surface area contributed by atoms with E-state index in [1.54, 1.807) is 6.08 Å². The van der Waals surface area contributed by atoms with Gasteiger partial charge in [-0.2, -0.15) is 5.10 Å². The van der Waals surface area contributed by atoms with Crippen molar-refractivity contribution in [2.24, 2.45) is 0 Å². The molecule has 1 aromatic heterocycles. The van der Waals surface area contributed by atoms with Gasteiger partial charge in [-0.15, -0.1) is 0 Å². The average molecular weight is 263 g/mol. The lowest BCUT2D eigenvalue weighted by molar-refractivity contribution is 1.08. The minimum atomic E-state index is 0.403. The smallest absolute Gasteiger partial charge is 0.0999 e. The Labute approximate surface area is 118 Å². The van der Waals surface area contributed by atoms with Crippen LogP contribution in [0.3, 0.4) is 0 Å². The number of H-pyrrole nitrogens is 1. The van der Waals surface area contributed by atoms with E-state index in [0.717, 1.165) is 28.1 Å². The molecule has 0 fully saturated rings. The molecule has 0 aliphatic heterocycles. The summed E-state index contributed by atoms with van der Waals surface area (Å²) in [5, 5.41) is 15.1. The van der Waals surface area contributed by atoms with Crippen LogP contribution in [0.2, 0.25) is 0 Å². The van der Waals surface area contributed by atoms with Gasteiger partial charge in [0.25, 0.3) is 0 Å². The maximum absolute atomic E-state index is 7.81. The second kappa shape index (κ2) is 5.97. The third-order valence-electron chi connectivity index (χ3n) is 3.07. The average Bonchev–Trinajstić information content (AvgIpc) is 2.89. The van der Waals surface area contributed by atoms with E-state index >= 15 is 0 Å². The van der Waals surface area contributed by atoms with Crippen LogP contribution in [0.25, 0.3) is 23.4 Å². The molecule has 0 saturated heterocycles. The Morgan fingerprint density at radius 1 is 1.25 bits per heavy atom. The number of nitrogens with zero attached hydrogens (tertiary/aromatic N) is 1. The number of allylic oxidation sites excluding steroid dienone is 2. The Hall–Kier alpha value is -2.68. The fourth-order valence-corrected chi connectivity index (χ4v) is 1.94. The van der Waals surface area contributed by atoms with E-state index in [9.17, 15) is 0 Å². The zero-order chi connectivity index (χ0) is 14.5. The van der Waals surface area contributed by atoms with E-state index in [2.05, 4.69) is 23.4 Å². The molecular formula is C17H17N3. The van der Waals surface area contributed by atoms with Crippen molar-refractivity contribution in [3.8, 4) is 11.3 Å². The van der Waals surface area contributed by atoms with Gasteiger partial charge < -0.3 is 5.41 Å². The van der Waals surface area contributed by atoms with E-state index < -0.39 is 0 Å². The van der Waals surface area contributed by atoms with Crippen LogP contribution in [0.5, 0.6) is 0 Å². The molecule has 0 radical (unpaired) electrons. The quantitative estimate of drug-likeness (QED) is 0.775. The fraction of sp³-hybridized carbons (Fsp3) is 0.0588. The van der Waals surface area contributed by atoms with Gasteiger partial charge in [0.05, 0.1) is 17.1 Å². The first-order valence-electron chi connectivity index (χ1n) is 6.33.